The van der Waals surface area contributed by atoms with Crippen LogP contribution < -0.4 is 0 Å². The summed E-state index contributed by atoms with van der Waals surface area (Å²) < 4.78 is 5.63. The lowest BCUT2D eigenvalue weighted by molar-refractivity contribution is -0.233. The van der Waals surface area contributed by atoms with Crippen molar-refractivity contribution in [3.8, 4) is 0 Å². The fourth-order valence-electron chi connectivity index (χ4n) is 7.55. The van der Waals surface area contributed by atoms with E-state index in [1.165, 1.54) is 6.92 Å². The highest BCUT2D eigenvalue weighted by molar-refractivity contribution is 5.93. The van der Waals surface area contributed by atoms with Crippen LogP contribution in [0.4, 0.5) is 0 Å². The molecule has 0 amide bonds. The second-order valence-corrected chi connectivity index (χ2v) is 10.3. The molecule has 2 bridgehead atoms. The van der Waals surface area contributed by atoms with E-state index >= 15 is 0 Å². The number of ketones is 2. The molecule has 6 nitrogen and oxygen atoms in total. The Morgan fingerprint density at radius 3 is 2.39 bits per heavy atom. The Balaban J connectivity index is 1.93. The van der Waals surface area contributed by atoms with Crippen molar-refractivity contribution in [2.75, 3.05) is 0 Å². The molecule has 6 heteroatoms. The van der Waals surface area contributed by atoms with Crippen molar-refractivity contribution in [2.45, 2.75) is 71.7 Å². The fraction of sp³-hybridized carbons (Fsp3) is 0.773. The van der Waals surface area contributed by atoms with Crippen molar-refractivity contribution in [1.29, 1.82) is 0 Å². The van der Waals surface area contributed by atoms with Gasteiger partial charge >= 0.3 is 5.97 Å². The molecular formula is C22H30O6. The smallest absolute Gasteiger partial charge is 0.302 e. The van der Waals surface area contributed by atoms with Gasteiger partial charge in [0.05, 0.1) is 12.2 Å². The Morgan fingerprint density at radius 1 is 1.14 bits per heavy atom. The maximum absolute atomic E-state index is 13.5. The number of carbonyl (C=O) groups is 3. The number of ether oxygens (including phenoxy) is 1. The van der Waals surface area contributed by atoms with Gasteiger partial charge in [0, 0.05) is 54.3 Å². The zero-order chi connectivity index (χ0) is 20.8. The summed E-state index contributed by atoms with van der Waals surface area (Å²) in [4.78, 5) is 38.8. The van der Waals surface area contributed by atoms with Crippen molar-refractivity contribution in [1.82, 2.24) is 0 Å². The first-order chi connectivity index (χ1) is 12.9. The average Bonchev–Trinajstić information content (AvgIpc) is 2.73. The van der Waals surface area contributed by atoms with Gasteiger partial charge < -0.3 is 14.9 Å². The minimum absolute atomic E-state index is 0.0123. The summed E-state index contributed by atoms with van der Waals surface area (Å²) in [6.07, 6.45) is -1.37. The molecule has 0 aromatic carbocycles. The van der Waals surface area contributed by atoms with Gasteiger partial charge in [-0.3, -0.25) is 14.4 Å². The van der Waals surface area contributed by atoms with E-state index in [0.717, 1.165) is 0 Å². The average molecular weight is 390 g/mol. The van der Waals surface area contributed by atoms with Crippen LogP contribution in [-0.4, -0.2) is 46.1 Å². The standard InChI is InChI=1S/C22H30O6/c1-10-12-6-13(24)18-21(5)16(28-11(2)23)7-15(26)20(3,4)17(21)14(25)9-22(18,8-12)19(10)27/h12,15-19,26-27H,1,6-9H2,2-5H3. The number of Topliss-reactive ketones (excluding diaryl/α,β-unsaturated/α-hetero) is 2. The highest BCUT2D eigenvalue weighted by atomic mass is 16.5. The number of aliphatic hydroxyl groups excluding tert-OH is 2. The normalized spacial score (nSPS) is 49.4. The van der Waals surface area contributed by atoms with E-state index in [2.05, 4.69) is 6.58 Å². The van der Waals surface area contributed by atoms with Gasteiger partial charge in [0.1, 0.15) is 17.7 Å². The maximum Gasteiger partial charge on any atom is 0.302 e. The minimum atomic E-state index is -0.975. The fourth-order valence-corrected chi connectivity index (χ4v) is 7.55. The summed E-state index contributed by atoms with van der Waals surface area (Å²) in [7, 11) is 0. The molecule has 1 spiro atoms. The van der Waals surface area contributed by atoms with Gasteiger partial charge in [-0.1, -0.05) is 27.4 Å². The molecule has 0 saturated heterocycles. The van der Waals surface area contributed by atoms with Gasteiger partial charge in [-0.2, -0.15) is 0 Å². The molecule has 0 aromatic rings. The van der Waals surface area contributed by atoms with E-state index in [1.54, 1.807) is 0 Å². The van der Waals surface area contributed by atoms with Crippen LogP contribution in [0.25, 0.3) is 0 Å². The maximum atomic E-state index is 13.5. The molecule has 4 rings (SSSR count). The van der Waals surface area contributed by atoms with Gasteiger partial charge in [-0.25, -0.2) is 0 Å². The highest BCUT2D eigenvalue weighted by Crippen LogP contribution is 2.70. The third kappa shape index (κ3) is 2.19. The van der Waals surface area contributed by atoms with Crippen LogP contribution in [-0.2, 0) is 19.1 Å². The first-order valence-electron chi connectivity index (χ1n) is 10.1. The van der Waals surface area contributed by atoms with Crippen molar-refractivity contribution in [3.63, 3.8) is 0 Å². The number of esters is 1. The molecule has 0 radical (unpaired) electrons. The van der Waals surface area contributed by atoms with E-state index in [0.29, 0.717) is 18.4 Å². The lowest BCUT2D eigenvalue weighted by atomic mass is 9.39. The minimum Gasteiger partial charge on any atom is -0.462 e. The van der Waals surface area contributed by atoms with Crippen LogP contribution in [0.15, 0.2) is 12.2 Å². The molecule has 0 aromatic heterocycles. The molecule has 28 heavy (non-hydrogen) atoms. The summed E-state index contributed by atoms with van der Waals surface area (Å²) >= 11 is 0. The zero-order valence-corrected chi connectivity index (χ0v) is 17.0. The quantitative estimate of drug-likeness (QED) is 0.523. The van der Waals surface area contributed by atoms with Gasteiger partial charge in [0.25, 0.3) is 0 Å². The second-order valence-electron chi connectivity index (χ2n) is 10.3. The Bertz CT molecular complexity index is 784. The van der Waals surface area contributed by atoms with E-state index in [9.17, 15) is 24.6 Å². The molecule has 8 atom stereocenters. The largest absolute Gasteiger partial charge is 0.462 e. The Labute approximate surface area is 165 Å². The van der Waals surface area contributed by atoms with E-state index in [4.69, 9.17) is 4.74 Å². The number of aliphatic hydroxyl groups is 2. The molecule has 4 fully saturated rings. The number of rotatable bonds is 1. The molecule has 0 heterocycles. The summed E-state index contributed by atoms with van der Waals surface area (Å²) in [5, 5.41) is 21.9. The number of hydrogen-bond acceptors (Lipinski definition) is 6. The highest BCUT2D eigenvalue weighted by Gasteiger charge is 2.75. The molecule has 4 aliphatic carbocycles. The SMILES string of the molecule is C=C1C2CC(=O)C3C(CC(=O)C4C(C)(C)C(O)CC(OC(C)=O)C43C)(C2)C1O. The van der Waals surface area contributed by atoms with E-state index in [-0.39, 0.29) is 30.3 Å². The third-order valence-electron chi connectivity index (χ3n) is 8.50. The predicted octanol–water partition coefficient (Wildman–Crippen LogP) is 1.82. The predicted molar refractivity (Wildman–Crippen MR) is 100.0 cm³/mol. The summed E-state index contributed by atoms with van der Waals surface area (Å²) in [5.74, 6) is -1.89. The van der Waals surface area contributed by atoms with Crippen molar-refractivity contribution in [3.05, 3.63) is 12.2 Å². The monoisotopic (exact) mass is 390 g/mol. The van der Waals surface area contributed by atoms with Gasteiger partial charge in [0.15, 0.2) is 0 Å². The Morgan fingerprint density at radius 2 is 1.79 bits per heavy atom. The molecule has 154 valence electrons. The van der Waals surface area contributed by atoms with E-state index < -0.39 is 52.4 Å². The van der Waals surface area contributed by atoms with Crippen LogP contribution in [0.1, 0.15) is 53.4 Å². The molecule has 0 aliphatic heterocycles. The molecular weight excluding hydrogens is 360 g/mol. The third-order valence-corrected chi connectivity index (χ3v) is 8.50. The summed E-state index contributed by atoms with van der Waals surface area (Å²) in [6.45, 7) is 10.9. The zero-order valence-electron chi connectivity index (χ0n) is 17.0. The van der Waals surface area contributed by atoms with E-state index in [1.807, 2.05) is 20.8 Å². The molecule has 2 N–H and O–H groups in total. The van der Waals surface area contributed by atoms with Crippen LogP contribution in [0, 0.1) is 34.0 Å². The number of fused-ring (bicyclic) bond motifs is 3. The van der Waals surface area contributed by atoms with Gasteiger partial charge in [-0.15, -0.1) is 0 Å². The van der Waals surface area contributed by atoms with Crippen molar-refractivity contribution < 1.29 is 29.3 Å². The first kappa shape index (κ1) is 19.8. The van der Waals surface area contributed by atoms with Crippen molar-refractivity contribution >= 4 is 17.5 Å². The summed E-state index contributed by atoms with van der Waals surface area (Å²) in [6, 6.07) is 0. The second kappa shape index (κ2) is 5.76. The van der Waals surface area contributed by atoms with Gasteiger partial charge in [-0.05, 0) is 17.9 Å². The molecule has 8 unspecified atom stereocenters. The Kier molecular flexibility index (Phi) is 4.07. The Hall–Kier alpha value is -1.53. The van der Waals surface area contributed by atoms with Crippen LogP contribution in [0.3, 0.4) is 0 Å². The summed E-state index contributed by atoms with van der Waals surface area (Å²) in [5.41, 5.74) is -1.97. The van der Waals surface area contributed by atoms with Crippen LogP contribution in [0.2, 0.25) is 0 Å². The molecule has 4 aliphatic rings. The van der Waals surface area contributed by atoms with Crippen LogP contribution in [0.5, 0.6) is 0 Å². The lowest BCUT2D eigenvalue weighted by Crippen LogP contribution is -2.70. The topological polar surface area (TPSA) is 101 Å². The molecule has 4 saturated carbocycles. The first-order valence-corrected chi connectivity index (χ1v) is 10.1. The van der Waals surface area contributed by atoms with Crippen LogP contribution >= 0.6 is 0 Å². The lowest BCUT2D eigenvalue weighted by Gasteiger charge is -2.64. The number of carbonyl (C=O) groups excluding carboxylic acids is 3. The number of hydrogen-bond donors (Lipinski definition) is 2. The van der Waals surface area contributed by atoms with Crippen molar-refractivity contribution in [2.24, 2.45) is 34.0 Å². The van der Waals surface area contributed by atoms with Gasteiger partial charge in [0.2, 0.25) is 0 Å².